The molecule has 2 N–H and O–H groups in total. The summed E-state index contributed by atoms with van der Waals surface area (Å²) < 4.78 is 5.33. The van der Waals surface area contributed by atoms with Crippen LogP contribution in [0.25, 0.3) is 0 Å². The van der Waals surface area contributed by atoms with E-state index < -0.39 is 0 Å². The molecule has 6 nitrogen and oxygen atoms in total. The molecule has 0 bridgehead atoms. The predicted octanol–water partition coefficient (Wildman–Crippen LogP) is 3.95. The highest BCUT2D eigenvalue weighted by atomic mass is 127. The first kappa shape index (κ1) is 25.4. The van der Waals surface area contributed by atoms with E-state index in [2.05, 4.69) is 52.6 Å². The van der Waals surface area contributed by atoms with Gasteiger partial charge in [0.15, 0.2) is 5.96 Å². The van der Waals surface area contributed by atoms with Crippen molar-refractivity contribution in [1.29, 1.82) is 0 Å². The van der Waals surface area contributed by atoms with Gasteiger partial charge >= 0.3 is 0 Å². The van der Waals surface area contributed by atoms with Crippen LogP contribution in [0.15, 0.2) is 47.7 Å². The van der Waals surface area contributed by atoms with Gasteiger partial charge in [0.05, 0.1) is 19.7 Å². The number of guanidine groups is 1. The molecule has 0 radical (unpaired) electrons. The third-order valence-electron chi connectivity index (χ3n) is 5.67. The lowest BCUT2D eigenvalue weighted by Gasteiger charge is -2.27. The first-order valence-corrected chi connectivity index (χ1v) is 11.0. The molecule has 1 atom stereocenters. The smallest absolute Gasteiger partial charge is 0.191 e. The van der Waals surface area contributed by atoms with Crippen molar-refractivity contribution < 1.29 is 4.74 Å². The minimum absolute atomic E-state index is 0. The molecule has 1 aliphatic rings. The second-order valence-electron chi connectivity index (χ2n) is 7.73. The van der Waals surface area contributed by atoms with Gasteiger partial charge in [-0.3, -0.25) is 14.9 Å². The van der Waals surface area contributed by atoms with Crippen molar-refractivity contribution >= 4 is 29.9 Å². The Balaban J connectivity index is 0.00000341. The summed E-state index contributed by atoms with van der Waals surface area (Å²) in [6, 6.07) is 10.8. The van der Waals surface area contributed by atoms with E-state index in [0.717, 1.165) is 50.9 Å². The first-order chi connectivity index (χ1) is 14.7. The van der Waals surface area contributed by atoms with Crippen molar-refractivity contribution in [3.8, 4) is 5.75 Å². The van der Waals surface area contributed by atoms with Gasteiger partial charge in [0.1, 0.15) is 5.75 Å². The molecule has 1 aliphatic heterocycles. The number of benzene rings is 1. The number of aromatic nitrogens is 1. The summed E-state index contributed by atoms with van der Waals surface area (Å²) in [7, 11) is 1.71. The molecule has 1 aromatic heterocycles. The molecule has 7 heteroatoms. The molecule has 0 amide bonds. The van der Waals surface area contributed by atoms with Gasteiger partial charge in [-0.25, -0.2) is 0 Å². The maximum atomic E-state index is 5.33. The Morgan fingerprint density at radius 1 is 1.16 bits per heavy atom. The van der Waals surface area contributed by atoms with E-state index in [-0.39, 0.29) is 30.0 Å². The lowest BCUT2D eigenvalue weighted by Crippen LogP contribution is -2.39. The quantitative estimate of drug-likeness (QED) is 0.288. The third-order valence-corrected chi connectivity index (χ3v) is 5.67. The number of pyridine rings is 1. The molecule has 1 saturated heterocycles. The van der Waals surface area contributed by atoms with Crippen LogP contribution in [-0.2, 0) is 6.42 Å². The molecule has 1 unspecified atom stereocenters. The van der Waals surface area contributed by atoms with E-state index in [1.165, 1.54) is 29.5 Å². The molecule has 2 aromatic rings. The highest BCUT2D eigenvalue weighted by Gasteiger charge is 2.23. The number of aryl methyl sites for hydroxylation is 1. The number of hydrogen-bond acceptors (Lipinski definition) is 4. The van der Waals surface area contributed by atoms with Gasteiger partial charge in [0.25, 0.3) is 0 Å². The van der Waals surface area contributed by atoms with Crippen LogP contribution in [0.3, 0.4) is 0 Å². The van der Waals surface area contributed by atoms with E-state index in [9.17, 15) is 0 Å². The average molecular weight is 537 g/mol. The van der Waals surface area contributed by atoms with Crippen LogP contribution in [0.2, 0.25) is 0 Å². The molecule has 170 valence electrons. The number of ether oxygens (including phenoxy) is 1. The Morgan fingerprint density at radius 2 is 1.90 bits per heavy atom. The number of aliphatic imine (C=N–C) groups is 1. The van der Waals surface area contributed by atoms with Crippen molar-refractivity contribution in [2.75, 3.05) is 39.8 Å². The standard InChI is InChI=1S/C24H35N5O.HI/c1-4-26-24(27-14-12-20-11-13-25-17-19(20)2)28-18-23(29-15-5-6-16-29)21-7-9-22(30-3)10-8-21;/h7-11,13,17,23H,4-6,12,14-16,18H2,1-3H3,(H2,26,27,28);1H. The van der Waals surface area contributed by atoms with Gasteiger partial charge in [-0.1, -0.05) is 12.1 Å². The van der Waals surface area contributed by atoms with E-state index >= 15 is 0 Å². The Bertz CT molecular complexity index is 806. The molecule has 3 rings (SSSR count). The Hall–Kier alpha value is -1.87. The van der Waals surface area contributed by atoms with E-state index in [4.69, 9.17) is 9.73 Å². The fourth-order valence-electron chi connectivity index (χ4n) is 3.93. The molecule has 1 fully saturated rings. The summed E-state index contributed by atoms with van der Waals surface area (Å²) in [5, 5.41) is 6.88. The van der Waals surface area contributed by atoms with Crippen molar-refractivity contribution in [2.24, 2.45) is 4.99 Å². The second kappa shape index (κ2) is 13.5. The Labute approximate surface area is 203 Å². The van der Waals surface area contributed by atoms with Crippen LogP contribution in [-0.4, -0.2) is 55.7 Å². The summed E-state index contributed by atoms with van der Waals surface area (Å²) in [5.74, 6) is 1.77. The normalized spacial score (nSPS) is 15.3. The van der Waals surface area contributed by atoms with Crippen LogP contribution in [0.1, 0.15) is 42.5 Å². The largest absolute Gasteiger partial charge is 0.497 e. The zero-order chi connectivity index (χ0) is 21.2. The zero-order valence-corrected chi connectivity index (χ0v) is 21.3. The first-order valence-electron chi connectivity index (χ1n) is 11.0. The fraction of sp³-hybridized carbons (Fsp3) is 0.500. The SMILES string of the molecule is CCNC(=NCC(c1ccc(OC)cc1)N1CCCC1)NCCc1ccncc1C.I. The van der Waals surface area contributed by atoms with Crippen molar-refractivity contribution in [3.05, 3.63) is 59.4 Å². The maximum absolute atomic E-state index is 5.33. The molecule has 0 spiro atoms. The van der Waals surface area contributed by atoms with Crippen LogP contribution >= 0.6 is 24.0 Å². The predicted molar refractivity (Wildman–Crippen MR) is 139 cm³/mol. The summed E-state index contributed by atoms with van der Waals surface area (Å²) in [6.45, 7) is 8.90. The number of rotatable bonds is 9. The number of nitrogens with zero attached hydrogens (tertiary/aromatic N) is 3. The monoisotopic (exact) mass is 537 g/mol. The molecular weight excluding hydrogens is 501 g/mol. The lowest BCUT2D eigenvalue weighted by atomic mass is 10.1. The van der Waals surface area contributed by atoms with Gasteiger partial charge in [-0.2, -0.15) is 0 Å². The maximum Gasteiger partial charge on any atom is 0.191 e. The minimum Gasteiger partial charge on any atom is -0.497 e. The molecule has 31 heavy (non-hydrogen) atoms. The number of likely N-dealkylation sites (tertiary alicyclic amines) is 1. The summed E-state index contributed by atoms with van der Waals surface area (Å²) >= 11 is 0. The molecule has 2 heterocycles. The number of methoxy groups -OCH3 is 1. The molecule has 0 aliphatic carbocycles. The Morgan fingerprint density at radius 3 is 2.55 bits per heavy atom. The van der Waals surface area contributed by atoms with E-state index in [1.54, 1.807) is 7.11 Å². The number of hydrogen-bond donors (Lipinski definition) is 2. The fourth-order valence-corrected chi connectivity index (χ4v) is 3.93. The summed E-state index contributed by atoms with van der Waals surface area (Å²) in [4.78, 5) is 11.7. The number of halogens is 1. The highest BCUT2D eigenvalue weighted by Crippen LogP contribution is 2.27. The molecule has 0 saturated carbocycles. The van der Waals surface area contributed by atoms with Crippen molar-refractivity contribution in [3.63, 3.8) is 0 Å². The van der Waals surface area contributed by atoms with Gasteiger partial charge in [-0.15, -0.1) is 24.0 Å². The van der Waals surface area contributed by atoms with Gasteiger partial charge in [0, 0.05) is 25.5 Å². The van der Waals surface area contributed by atoms with Gasteiger partial charge < -0.3 is 15.4 Å². The topological polar surface area (TPSA) is 61.8 Å². The second-order valence-corrected chi connectivity index (χ2v) is 7.73. The minimum atomic E-state index is 0. The van der Waals surface area contributed by atoms with Gasteiger partial charge in [-0.05, 0) is 81.1 Å². The molecule has 1 aromatic carbocycles. The van der Waals surface area contributed by atoms with Crippen molar-refractivity contribution in [1.82, 2.24) is 20.5 Å². The van der Waals surface area contributed by atoms with E-state index in [1.807, 2.05) is 24.5 Å². The van der Waals surface area contributed by atoms with Gasteiger partial charge in [0.2, 0.25) is 0 Å². The van der Waals surface area contributed by atoms with Crippen LogP contribution in [0, 0.1) is 6.92 Å². The Kier molecular flexibility index (Phi) is 11.1. The molecular formula is C24H36IN5O. The van der Waals surface area contributed by atoms with Crippen LogP contribution in [0.4, 0.5) is 0 Å². The van der Waals surface area contributed by atoms with Crippen LogP contribution < -0.4 is 15.4 Å². The van der Waals surface area contributed by atoms with E-state index in [0.29, 0.717) is 0 Å². The number of nitrogens with one attached hydrogen (secondary N) is 2. The van der Waals surface area contributed by atoms with Crippen molar-refractivity contribution in [2.45, 2.75) is 39.2 Å². The zero-order valence-electron chi connectivity index (χ0n) is 18.9. The lowest BCUT2D eigenvalue weighted by molar-refractivity contribution is 0.251. The summed E-state index contributed by atoms with van der Waals surface area (Å²) in [6.07, 6.45) is 7.26. The summed E-state index contributed by atoms with van der Waals surface area (Å²) in [5.41, 5.74) is 3.85. The van der Waals surface area contributed by atoms with Crippen LogP contribution in [0.5, 0.6) is 5.75 Å². The highest BCUT2D eigenvalue weighted by molar-refractivity contribution is 14.0. The third kappa shape index (κ3) is 7.64. The average Bonchev–Trinajstić information content (AvgIpc) is 3.30.